The van der Waals surface area contributed by atoms with E-state index in [1.165, 1.54) is 0 Å². The van der Waals surface area contributed by atoms with Crippen molar-refractivity contribution in [1.82, 2.24) is 0 Å². The monoisotopic (exact) mass is 120 g/mol. The van der Waals surface area contributed by atoms with E-state index in [0.29, 0.717) is 6.42 Å². The van der Waals surface area contributed by atoms with Crippen molar-refractivity contribution in [2.75, 3.05) is 0 Å². The zero-order chi connectivity index (χ0) is 6.36. The molecule has 0 bridgehead atoms. The smallest absolute Gasteiger partial charge is 0.206 e. The summed E-state index contributed by atoms with van der Waals surface area (Å²) in [5.74, 6) is -3.00. The van der Waals surface area contributed by atoms with Crippen molar-refractivity contribution in [1.29, 1.82) is 0 Å². The van der Waals surface area contributed by atoms with Gasteiger partial charge < -0.3 is 0 Å². The average molecular weight is 120 g/mol. The lowest BCUT2D eigenvalue weighted by molar-refractivity contribution is 0.0859. The van der Waals surface area contributed by atoms with Crippen LogP contribution in [0.1, 0.15) is 20.3 Å². The molecule has 2 heteroatoms. The lowest BCUT2D eigenvalue weighted by Gasteiger charge is -1.87. The van der Waals surface area contributed by atoms with Crippen LogP contribution in [0.4, 0.5) is 8.78 Å². The lowest BCUT2D eigenvalue weighted by Crippen LogP contribution is -1.91. The largest absolute Gasteiger partial charge is 0.254 e. The summed E-state index contributed by atoms with van der Waals surface area (Å²) in [4.78, 5) is 0. The molecule has 0 N–H and O–H groups in total. The van der Waals surface area contributed by atoms with E-state index < -0.39 is 5.92 Å². The molecule has 1 aliphatic rings. The third-order valence-electron chi connectivity index (χ3n) is 2.04. The van der Waals surface area contributed by atoms with Gasteiger partial charge in [-0.25, -0.2) is 8.78 Å². The van der Waals surface area contributed by atoms with Crippen LogP contribution in [0.5, 0.6) is 0 Å². The fourth-order valence-electron chi connectivity index (χ4n) is 1.19. The maximum Gasteiger partial charge on any atom is 0.254 e. The van der Waals surface area contributed by atoms with Crippen LogP contribution < -0.4 is 0 Å². The van der Waals surface area contributed by atoms with Gasteiger partial charge in [0.15, 0.2) is 0 Å². The minimum atomic E-state index is -2.32. The van der Waals surface area contributed by atoms with Gasteiger partial charge in [0.25, 0.3) is 5.92 Å². The summed E-state index contributed by atoms with van der Waals surface area (Å²) in [6.45, 7) is 3.41. The number of halogens is 2. The van der Waals surface area contributed by atoms with E-state index in [0.717, 1.165) is 0 Å². The van der Waals surface area contributed by atoms with Crippen molar-refractivity contribution >= 4 is 0 Å². The molecule has 0 aromatic carbocycles. The first-order valence-corrected chi connectivity index (χ1v) is 2.98. The fraction of sp³-hybridized carbons (Fsp3) is 1.00. The van der Waals surface area contributed by atoms with Crippen molar-refractivity contribution in [2.45, 2.75) is 26.2 Å². The Morgan fingerprint density at radius 1 is 1.50 bits per heavy atom. The molecule has 0 aliphatic heterocycles. The van der Waals surface area contributed by atoms with Gasteiger partial charge in [0.05, 0.1) is 0 Å². The summed E-state index contributed by atoms with van der Waals surface area (Å²) in [6.07, 6.45) is 0.619. The van der Waals surface area contributed by atoms with Crippen molar-refractivity contribution in [3.8, 4) is 0 Å². The van der Waals surface area contributed by atoms with E-state index in [2.05, 4.69) is 0 Å². The van der Waals surface area contributed by atoms with E-state index in [4.69, 9.17) is 0 Å². The van der Waals surface area contributed by atoms with Gasteiger partial charge in [-0.05, 0) is 6.42 Å². The summed E-state index contributed by atoms with van der Waals surface area (Å²) in [5, 5.41) is 0. The quantitative estimate of drug-likeness (QED) is 0.498. The lowest BCUT2D eigenvalue weighted by atomic mass is 10.3. The summed E-state index contributed by atoms with van der Waals surface area (Å²) >= 11 is 0. The highest BCUT2D eigenvalue weighted by Crippen LogP contribution is 2.56. The van der Waals surface area contributed by atoms with Crippen LogP contribution in [0, 0.1) is 11.8 Å². The van der Waals surface area contributed by atoms with Gasteiger partial charge in [0.2, 0.25) is 0 Å². The predicted octanol–water partition coefficient (Wildman–Crippen LogP) is 2.30. The molecule has 0 saturated heterocycles. The third kappa shape index (κ3) is 0.550. The summed E-state index contributed by atoms with van der Waals surface area (Å²) in [5.41, 5.74) is 0. The molecule has 1 saturated carbocycles. The van der Waals surface area contributed by atoms with Crippen LogP contribution in [0.25, 0.3) is 0 Å². The van der Waals surface area contributed by atoms with Gasteiger partial charge in [0.1, 0.15) is 0 Å². The van der Waals surface area contributed by atoms with E-state index in [-0.39, 0.29) is 11.8 Å². The van der Waals surface area contributed by atoms with Crippen molar-refractivity contribution in [3.63, 3.8) is 0 Å². The first kappa shape index (κ1) is 5.99. The van der Waals surface area contributed by atoms with E-state index in [9.17, 15) is 8.78 Å². The molecule has 0 aromatic heterocycles. The highest BCUT2D eigenvalue weighted by molar-refractivity contribution is 5.01. The van der Waals surface area contributed by atoms with E-state index in [1.807, 2.05) is 6.92 Å². The molecule has 0 amide bonds. The second kappa shape index (κ2) is 1.42. The number of alkyl halides is 2. The predicted molar refractivity (Wildman–Crippen MR) is 27.9 cm³/mol. The van der Waals surface area contributed by atoms with Crippen LogP contribution in [-0.4, -0.2) is 5.92 Å². The maximum absolute atomic E-state index is 12.2. The van der Waals surface area contributed by atoms with Crippen LogP contribution in [-0.2, 0) is 0 Å². The summed E-state index contributed by atoms with van der Waals surface area (Å²) < 4.78 is 24.4. The van der Waals surface area contributed by atoms with Gasteiger partial charge >= 0.3 is 0 Å². The Hall–Kier alpha value is -0.140. The second-order valence-corrected chi connectivity index (χ2v) is 2.48. The molecule has 0 radical (unpaired) electrons. The van der Waals surface area contributed by atoms with Crippen LogP contribution in [0.2, 0.25) is 0 Å². The van der Waals surface area contributed by atoms with Gasteiger partial charge in [-0.15, -0.1) is 0 Å². The number of rotatable bonds is 1. The maximum atomic E-state index is 12.2. The molecule has 2 atom stereocenters. The Kier molecular flexibility index (Phi) is 1.07. The Labute approximate surface area is 47.9 Å². The van der Waals surface area contributed by atoms with Gasteiger partial charge in [0, 0.05) is 11.8 Å². The van der Waals surface area contributed by atoms with Crippen molar-refractivity contribution < 1.29 is 8.78 Å². The highest BCUT2D eigenvalue weighted by atomic mass is 19.3. The summed E-state index contributed by atoms with van der Waals surface area (Å²) in [7, 11) is 0. The molecule has 1 rings (SSSR count). The van der Waals surface area contributed by atoms with E-state index >= 15 is 0 Å². The van der Waals surface area contributed by atoms with Crippen molar-refractivity contribution in [3.05, 3.63) is 0 Å². The Morgan fingerprint density at radius 2 is 1.88 bits per heavy atom. The molecule has 1 aliphatic carbocycles. The topological polar surface area (TPSA) is 0 Å². The minimum Gasteiger partial charge on any atom is -0.206 e. The Morgan fingerprint density at radius 3 is 1.88 bits per heavy atom. The molecular formula is C6H10F2. The van der Waals surface area contributed by atoms with Crippen molar-refractivity contribution in [2.24, 2.45) is 11.8 Å². The first-order chi connectivity index (χ1) is 3.60. The SMILES string of the molecule is CC[C@@H]1[C@@H](C)C1(F)F. The van der Waals surface area contributed by atoms with Crippen LogP contribution in [0.3, 0.4) is 0 Å². The molecule has 0 unspecified atom stereocenters. The third-order valence-corrected chi connectivity index (χ3v) is 2.04. The van der Waals surface area contributed by atoms with Gasteiger partial charge in [-0.3, -0.25) is 0 Å². The van der Waals surface area contributed by atoms with Gasteiger partial charge in [-0.1, -0.05) is 13.8 Å². The normalized spacial score (nSPS) is 42.0. The molecule has 0 nitrogen and oxygen atoms in total. The molecule has 48 valence electrons. The second-order valence-electron chi connectivity index (χ2n) is 2.48. The molecule has 8 heavy (non-hydrogen) atoms. The first-order valence-electron chi connectivity index (χ1n) is 2.98. The molecule has 0 aromatic rings. The summed E-state index contributed by atoms with van der Waals surface area (Å²) in [6, 6.07) is 0. The average Bonchev–Trinajstić information content (AvgIpc) is 2.09. The molecular weight excluding hydrogens is 110 g/mol. The minimum absolute atomic E-state index is 0.317. The van der Waals surface area contributed by atoms with Crippen LogP contribution >= 0.6 is 0 Å². The standard InChI is InChI=1S/C6H10F2/c1-3-5-4(2)6(5,7)8/h4-5H,3H2,1-2H3/t4-,5-/m1/s1. The Balaban J connectivity index is 2.45. The molecule has 0 heterocycles. The highest BCUT2D eigenvalue weighted by Gasteiger charge is 2.63. The number of hydrogen-bond acceptors (Lipinski definition) is 0. The van der Waals surface area contributed by atoms with Crippen LogP contribution in [0.15, 0.2) is 0 Å². The zero-order valence-corrected chi connectivity index (χ0v) is 5.12. The number of hydrogen-bond donors (Lipinski definition) is 0. The Bertz CT molecular complexity index is 98.7. The van der Waals surface area contributed by atoms with E-state index in [1.54, 1.807) is 6.92 Å². The molecule has 0 spiro atoms. The zero-order valence-electron chi connectivity index (χ0n) is 5.12. The molecule has 1 fully saturated rings. The fourth-order valence-corrected chi connectivity index (χ4v) is 1.19. The van der Waals surface area contributed by atoms with Gasteiger partial charge in [-0.2, -0.15) is 0 Å².